The van der Waals surface area contributed by atoms with Crippen molar-refractivity contribution in [3.05, 3.63) is 71.3 Å². The highest BCUT2D eigenvalue weighted by atomic mass is 79.9. The first-order chi connectivity index (χ1) is 11.3. The molecule has 0 saturated heterocycles. The Balaban J connectivity index is 1.86. The predicted octanol–water partition coefficient (Wildman–Crippen LogP) is 5.42. The maximum absolute atomic E-state index is 4.71. The van der Waals surface area contributed by atoms with Crippen LogP contribution in [-0.2, 0) is 0 Å². The molecular formula is C19H12BrN3. The number of hydrogen-bond donors (Lipinski definition) is 1. The molecule has 23 heavy (non-hydrogen) atoms. The van der Waals surface area contributed by atoms with Gasteiger partial charge in [0.1, 0.15) is 0 Å². The van der Waals surface area contributed by atoms with Gasteiger partial charge >= 0.3 is 0 Å². The quantitative estimate of drug-likeness (QED) is 0.424. The molecule has 1 N–H and O–H groups in total. The van der Waals surface area contributed by atoms with Gasteiger partial charge in [0.25, 0.3) is 0 Å². The molecule has 0 amide bonds. The number of aromatic nitrogens is 3. The molecule has 2 heterocycles. The van der Waals surface area contributed by atoms with Gasteiger partial charge in [-0.15, -0.1) is 0 Å². The van der Waals surface area contributed by atoms with Crippen molar-refractivity contribution in [1.29, 1.82) is 0 Å². The summed E-state index contributed by atoms with van der Waals surface area (Å²) in [6, 6.07) is 20.7. The van der Waals surface area contributed by atoms with Gasteiger partial charge in [-0.3, -0.25) is 0 Å². The van der Waals surface area contributed by atoms with Crippen LogP contribution in [-0.4, -0.2) is 14.8 Å². The number of aromatic amines is 1. The lowest BCUT2D eigenvalue weighted by molar-refractivity contribution is 0.896. The smallest absolute Gasteiger partial charge is 0.0949 e. The molecule has 0 unspecified atom stereocenters. The third-order valence-electron chi connectivity index (χ3n) is 4.24. The average molecular weight is 362 g/mol. The van der Waals surface area contributed by atoms with Crippen LogP contribution < -0.4 is 0 Å². The topological polar surface area (TPSA) is 33.6 Å². The lowest BCUT2D eigenvalue weighted by Gasteiger charge is -1.98. The van der Waals surface area contributed by atoms with Crippen LogP contribution in [0.1, 0.15) is 0 Å². The Morgan fingerprint density at radius 3 is 2.61 bits per heavy atom. The maximum Gasteiger partial charge on any atom is 0.0949 e. The fourth-order valence-corrected chi connectivity index (χ4v) is 3.51. The van der Waals surface area contributed by atoms with Crippen molar-refractivity contribution in [2.24, 2.45) is 0 Å². The molecule has 0 aliphatic carbocycles. The zero-order valence-electron chi connectivity index (χ0n) is 12.1. The van der Waals surface area contributed by atoms with Crippen LogP contribution in [0.2, 0.25) is 0 Å². The van der Waals surface area contributed by atoms with Crippen molar-refractivity contribution in [1.82, 2.24) is 14.8 Å². The molecule has 0 atom stereocenters. The number of para-hydroxylation sites is 1. The number of benzene rings is 3. The largest absolute Gasteiger partial charge is 0.354 e. The SMILES string of the molecule is Brc1ccc2[nH]c3c4cn(-c5ccccc5)nc4ccc3c2c1. The van der Waals surface area contributed by atoms with E-state index in [-0.39, 0.29) is 0 Å². The fourth-order valence-electron chi connectivity index (χ4n) is 3.15. The van der Waals surface area contributed by atoms with E-state index in [0.717, 1.165) is 32.1 Å². The molecule has 0 fully saturated rings. The minimum absolute atomic E-state index is 0.993. The number of fused-ring (bicyclic) bond motifs is 5. The van der Waals surface area contributed by atoms with E-state index in [9.17, 15) is 0 Å². The number of H-pyrrole nitrogens is 1. The van der Waals surface area contributed by atoms with Crippen LogP contribution in [0.4, 0.5) is 0 Å². The van der Waals surface area contributed by atoms with Crippen molar-refractivity contribution >= 4 is 48.6 Å². The van der Waals surface area contributed by atoms with Crippen molar-refractivity contribution in [2.75, 3.05) is 0 Å². The highest BCUT2D eigenvalue weighted by molar-refractivity contribution is 9.10. The number of nitrogens with zero attached hydrogens (tertiary/aromatic N) is 2. The number of halogens is 1. The maximum atomic E-state index is 4.71. The summed E-state index contributed by atoms with van der Waals surface area (Å²) in [4.78, 5) is 3.54. The molecular weight excluding hydrogens is 350 g/mol. The molecule has 3 nitrogen and oxygen atoms in total. The Kier molecular flexibility index (Phi) is 2.64. The van der Waals surface area contributed by atoms with Crippen LogP contribution in [0.3, 0.4) is 0 Å². The zero-order chi connectivity index (χ0) is 15.4. The summed E-state index contributed by atoms with van der Waals surface area (Å²) in [5.41, 5.74) is 4.34. The van der Waals surface area contributed by atoms with Gasteiger partial charge in [-0.25, -0.2) is 4.68 Å². The fraction of sp³-hybridized carbons (Fsp3) is 0. The van der Waals surface area contributed by atoms with Gasteiger partial charge in [-0.2, -0.15) is 5.10 Å². The number of nitrogens with one attached hydrogen (secondary N) is 1. The molecule has 110 valence electrons. The number of rotatable bonds is 1. The van der Waals surface area contributed by atoms with Gasteiger partial charge < -0.3 is 4.98 Å². The van der Waals surface area contributed by atoms with Gasteiger partial charge in [0, 0.05) is 32.3 Å². The second-order valence-electron chi connectivity index (χ2n) is 5.65. The summed E-state index contributed by atoms with van der Waals surface area (Å²) in [5, 5.41) is 8.30. The van der Waals surface area contributed by atoms with Gasteiger partial charge in [0.15, 0.2) is 0 Å². The summed E-state index contributed by atoms with van der Waals surface area (Å²) >= 11 is 3.56. The van der Waals surface area contributed by atoms with Crippen molar-refractivity contribution < 1.29 is 0 Å². The normalized spacial score (nSPS) is 11.7. The van der Waals surface area contributed by atoms with E-state index in [2.05, 4.69) is 69.6 Å². The molecule has 0 aliphatic rings. The minimum Gasteiger partial charge on any atom is -0.354 e. The standard InChI is InChI=1S/C19H12BrN3/c20-12-6-8-17-15(10-12)14-7-9-18-16(19(14)21-17)11-23(22-18)13-4-2-1-3-5-13/h1-11,21H. The summed E-state index contributed by atoms with van der Waals surface area (Å²) in [6.07, 6.45) is 2.09. The highest BCUT2D eigenvalue weighted by Gasteiger charge is 2.11. The zero-order valence-corrected chi connectivity index (χ0v) is 13.7. The number of hydrogen-bond acceptors (Lipinski definition) is 1. The van der Waals surface area contributed by atoms with E-state index in [4.69, 9.17) is 5.10 Å². The second kappa shape index (κ2) is 4.70. The molecule has 4 heteroatoms. The predicted molar refractivity (Wildman–Crippen MR) is 98.1 cm³/mol. The first-order valence-electron chi connectivity index (χ1n) is 7.44. The molecule has 5 aromatic rings. The first kappa shape index (κ1) is 12.9. The third-order valence-corrected chi connectivity index (χ3v) is 4.73. The molecule has 5 rings (SSSR count). The van der Waals surface area contributed by atoms with Crippen LogP contribution in [0, 0.1) is 0 Å². The molecule has 2 aromatic heterocycles. The van der Waals surface area contributed by atoms with Gasteiger partial charge in [-0.1, -0.05) is 34.1 Å². The van der Waals surface area contributed by atoms with Crippen molar-refractivity contribution in [3.63, 3.8) is 0 Å². The average Bonchev–Trinajstić information content (AvgIpc) is 3.16. The van der Waals surface area contributed by atoms with E-state index in [0.29, 0.717) is 0 Å². The molecule has 0 bridgehead atoms. The first-order valence-corrected chi connectivity index (χ1v) is 8.24. The minimum atomic E-state index is 0.993. The summed E-state index contributed by atoms with van der Waals surface area (Å²) < 4.78 is 3.02. The Morgan fingerprint density at radius 2 is 1.74 bits per heavy atom. The van der Waals surface area contributed by atoms with Crippen molar-refractivity contribution in [2.45, 2.75) is 0 Å². The van der Waals surface area contributed by atoms with Crippen LogP contribution >= 0.6 is 15.9 Å². The lowest BCUT2D eigenvalue weighted by Crippen LogP contribution is -1.92. The van der Waals surface area contributed by atoms with Crippen LogP contribution in [0.15, 0.2) is 71.3 Å². The Labute approximate surface area is 140 Å². The Morgan fingerprint density at radius 1 is 0.870 bits per heavy atom. The van der Waals surface area contributed by atoms with Gasteiger partial charge in [-0.05, 0) is 42.5 Å². The molecule has 0 saturated carbocycles. The molecule has 0 radical (unpaired) electrons. The summed E-state index contributed by atoms with van der Waals surface area (Å²) in [7, 11) is 0. The Hall–Kier alpha value is -2.59. The highest BCUT2D eigenvalue weighted by Crippen LogP contribution is 2.32. The third kappa shape index (κ3) is 1.92. The molecule has 3 aromatic carbocycles. The van der Waals surface area contributed by atoms with Gasteiger partial charge in [0.05, 0.1) is 16.7 Å². The Bertz CT molecular complexity index is 1170. The van der Waals surface area contributed by atoms with Crippen LogP contribution in [0.5, 0.6) is 0 Å². The van der Waals surface area contributed by atoms with Crippen molar-refractivity contribution in [3.8, 4) is 5.69 Å². The van der Waals surface area contributed by atoms with E-state index in [1.165, 1.54) is 10.8 Å². The van der Waals surface area contributed by atoms with Gasteiger partial charge in [0.2, 0.25) is 0 Å². The van der Waals surface area contributed by atoms with E-state index < -0.39 is 0 Å². The van der Waals surface area contributed by atoms with E-state index >= 15 is 0 Å². The van der Waals surface area contributed by atoms with E-state index in [1.54, 1.807) is 0 Å². The lowest BCUT2D eigenvalue weighted by atomic mass is 10.1. The van der Waals surface area contributed by atoms with E-state index in [1.807, 2.05) is 22.9 Å². The molecule has 0 aliphatic heterocycles. The monoisotopic (exact) mass is 361 g/mol. The summed E-state index contributed by atoms with van der Waals surface area (Å²) in [6.45, 7) is 0. The second-order valence-corrected chi connectivity index (χ2v) is 6.56. The summed E-state index contributed by atoms with van der Waals surface area (Å²) in [5.74, 6) is 0. The molecule has 0 spiro atoms. The van der Waals surface area contributed by atoms with Crippen LogP contribution in [0.25, 0.3) is 38.4 Å².